The highest BCUT2D eigenvalue weighted by molar-refractivity contribution is 6.36. The fourth-order valence-electron chi connectivity index (χ4n) is 2.30. The van der Waals surface area contributed by atoms with Crippen LogP contribution in [0.3, 0.4) is 0 Å². The third-order valence-electron chi connectivity index (χ3n) is 3.55. The van der Waals surface area contributed by atoms with Gasteiger partial charge in [-0.1, -0.05) is 28.4 Å². The molecule has 3 rings (SSSR count). The summed E-state index contributed by atoms with van der Waals surface area (Å²) in [6.07, 6.45) is 0.866. The quantitative estimate of drug-likeness (QED) is 0.428. The van der Waals surface area contributed by atoms with E-state index in [4.69, 9.17) is 36.9 Å². The number of carbonyl (C=O) groups excluding carboxylic acids is 1. The predicted octanol–water partition coefficient (Wildman–Crippen LogP) is 5.01. The Morgan fingerprint density at radius 3 is 2.88 bits per heavy atom. The molecule has 0 aliphatic carbocycles. The summed E-state index contributed by atoms with van der Waals surface area (Å²) in [4.78, 5) is 16.2. The number of hydrogen-bond donors (Lipinski definition) is 0. The van der Waals surface area contributed by atoms with E-state index in [0.29, 0.717) is 11.6 Å². The maximum Gasteiger partial charge on any atom is 0.306 e. The van der Waals surface area contributed by atoms with Crippen molar-refractivity contribution in [2.45, 2.75) is 25.9 Å². The third-order valence-corrected chi connectivity index (χ3v) is 4.26. The number of aromatic nitrogens is 2. The molecule has 136 valence electrons. The van der Waals surface area contributed by atoms with Crippen molar-refractivity contribution < 1.29 is 22.9 Å². The molecule has 2 heterocycles. The lowest BCUT2D eigenvalue weighted by molar-refractivity contribution is -0.148. The molecule has 1 atom stereocenters. The number of hydrogen-bond acceptors (Lipinski definition) is 6. The first-order valence-corrected chi connectivity index (χ1v) is 8.40. The van der Waals surface area contributed by atoms with Crippen LogP contribution in [-0.4, -0.2) is 16.1 Å². The molecule has 0 aliphatic rings. The molecule has 26 heavy (non-hydrogen) atoms. The second-order valence-electron chi connectivity index (χ2n) is 5.38. The van der Waals surface area contributed by atoms with Crippen LogP contribution in [0.15, 0.2) is 39.5 Å². The van der Waals surface area contributed by atoms with Gasteiger partial charge in [-0.25, -0.2) is 4.39 Å². The van der Waals surface area contributed by atoms with Gasteiger partial charge in [0.15, 0.2) is 5.76 Å². The Morgan fingerprint density at radius 1 is 1.35 bits per heavy atom. The molecule has 1 unspecified atom stereocenters. The van der Waals surface area contributed by atoms with Crippen LogP contribution in [-0.2, 0) is 16.0 Å². The van der Waals surface area contributed by atoms with Crippen LogP contribution in [0.5, 0.6) is 0 Å². The Morgan fingerprint density at radius 2 is 2.15 bits per heavy atom. The molecule has 0 radical (unpaired) electrons. The summed E-state index contributed by atoms with van der Waals surface area (Å²) in [6.45, 7) is 1.56. The van der Waals surface area contributed by atoms with E-state index in [1.54, 1.807) is 19.1 Å². The van der Waals surface area contributed by atoms with Gasteiger partial charge in [-0.15, -0.1) is 0 Å². The fraction of sp³-hybridized carbons (Fsp3) is 0.235. The molecule has 9 heteroatoms. The van der Waals surface area contributed by atoms with Gasteiger partial charge in [0.25, 0.3) is 0 Å². The number of aryl methyl sites for hydroxylation is 1. The van der Waals surface area contributed by atoms with E-state index in [0.717, 1.165) is 6.07 Å². The van der Waals surface area contributed by atoms with Gasteiger partial charge in [0.05, 0.1) is 17.7 Å². The Hall–Kier alpha value is -2.38. The van der Waals surface area contributed by atoms with Crippen molar-refractivity contribution in [3.63, 3.8) is 0 Å². The summed E-state index contributed by atoms with van der Waals surface area (Å²) in [7, 11) is 0. The zero-order valence-electron chi connectivity index (χ0n) is 13.5. The Labute approximate surface area is 157 Å². The minimum Gasteiger partial charge on any atom is -0.461 e. The summed E-state index contributed by atoms with van der Waals surface area (Å²) in [5.74, 6) is -0.142. The Balaban J connectivity index is 1.59. The van der Waals surface area contributed by atoms with Crippen LogP contribution in [0, 0.1) is 5.82 Å². The zero-order chi connectivity index (χ0) is 18.7. The lowest BCUT2D eigenvalue weighted by atomic mass is 10.1. The molecule has 0 aliphatic heterocycles. The summed E-state index contributed by atoms with van der Waals surface area (Å²) >= 11 is 11.9. The van der Waals surface area contributed by atoms with E-state index < -0.39 is 17.9 Å². The third kappa shape index (κ3) is 4.05. The van der Waals surface area contributed by atoms with Crippen molar-refractivity contribution in [1.29, 1.82) is 0 Å². The van der Waals surface area contributed by atoms with Crippen molar-refractivity contribution in [3.8, 4) is 11.6 Å². The maximum absolute atomic E-state index is 13.6. The molecule has 0 bridgehead atoms. The van der Waals surface area contributed by atoms with Crippen molar-refractivity contribution >= 4 is 29.2 Å². The lowest BCUT2D eigenvalue weighted by Crippen LogP contribution is -2.11. The number of esters is 1. The summed E-state index contributed by atoms with van der Waals surface area (Å²) in [5, 5.41) is 3.82. The van der Waals surface area contributed by atoms with Gasteiger partial charge in [0, 0.05) is 17.0 Å². The van der Waals surface area contributed by atoms with Crippen molar-refractivity contribution in [3.05, 3.63) is 57.8 Å². The molecule has 0 fully saturated rings. The van der Waals surface area contributed by atoms with E-state index in [1.807, 2.05) is 0 Å². The number of ether oxygens (including phenoxy) is 1. The van der Waals surface area contributed by atoms with Gasteiger partial charge < -0.3 is 13.7 Å². The number of nitrogens with zero attached hydrogens (tertiary/aromatic N) is 2. The van der Waals surface area contributed by atoms with Crippen molar-refractivity contribution in [1.82, 2.24) is 10.1 Å². The van der Waals surface area contributed by atoms with Gasteiger partial charge in [0.2, 0.25) is 11.7 Å². The highest BCUT2D eigenvalue weighted by atomic mass is 35.5. The van der Waals surface area contributed by atoms with Crippen LogP contribution >= 0.6 is 23.2 Å². The first-order valence-electron chi connectivity index (χ1n) is 7.65. The number of benzene rings is 1. The topological polar surface area (TPSA) is 78.4 Å². The molecular weight excluding hydrogens is 386 g/mol. The summed E-state index contributed by atoms with van der Waals surface area (Å²) in [5.41, 5.74) is 0.222. The number of furan rings is 1. The molecule has 0 spiro atoms. The van der Waals surface area contributed by atoms with E-state index >= 15 is 0 Å². The van der Waals surface area contributed by atoms with Gasteiger partial charge in [0.1, 0.15) is 11.9 Å². The molecule has 0 saturated heterocycles. The summed E-state index contributed by atoms with van der Waals surface area (Å²) < 4.78 is 29.1. The van der Waals surface area contributed by atoms with Crippen LogP contribution in [0.4, 0.5) is 4.39 Å². The smallest absolute Gasteiger partial charge is 0.306 e. The first kappa shape index (κ1) is 18.4. The fourth-order valence-corrected chi connectivity index (χ4v) is 2.98. The highest BCUT2D eigenvalue weighted by Crippen LogP contribution is 2.34. The van der Waals surface area contributed by atoms with Gasteiger partial charge in [-0.2, -0.15) is 4.98 Å². The van der Waals surface area contributed by atoms with Gasteiger partial charge in [-0.05, 0) is 31.2 Å². The van der Waals surface area contributed by atoms with E-state index in [2.05, 4.69) is 10.1 Å². The van der Waals surface area contributed by atoms with Gasteiger partial charge >= 0.3 is 5.97 Å². The average Bonchev–Trinajstić information content (AvgIpc) is 3.27. The Kier molecular flexibility index (Phi) is 5.58. The molecule has 0 N–H and O–H groups in total. The van der Waals surface area contributed by atoms with Crippen LogP contribution in [0.1, 0.15) is 30.9 Å². The Bertz CT molecular complexity index is 912. The largest absolute Gasteiger partial charge is 0.461 e. The predicted molar refractivity (Wildman–Crippen MR) is 91.2 cm³/mol. The molecule has 0 amide bonds. The molecule has 1 aromatic carbocycles. The molecule has 3 aromatic rings. The molecular formula is C17H13Cl2FN2O4. The minimum atomic E-state index is -0.806. The van der Waals surface area contributed by atoms with Crippen LogP contribution < -0.4 is 0 Å². The van der Waals surface area contributed by atoms with E-state index in [1.165, 1.54) is 12.3 Å². The molecule has 2 aromatic heterocycles. The molecule has 6 nitrogen and oxygen atoms in total. The van der Waals surface area contributed by atoms with E-state index in [9.17, 15) is 9.18 Å². The van der Waals surface area contributed by atoms with Crippen molar-refractivity contribution in [2.75, 3.05) is 0 Å². The number of rotatable bonds is 6. The minimum absolute atomic E-state index is 0.00528. The number of halogens is 3. The first-order chi connectivity index (χ1) is 12.5. The standard InChI is InChI=1S/C17H13Cl2FN2O4/c1-9(15-10(18)4-5-11(20)16(15)19)25-14(23)7-6-13-21-17(22-26-13)12-3-2-8-24-12/h2-5,8-9H,6-7H2,1H3. The number of carbonyl (C=O) groups is 1. The van der Waals surface area contributed by atoms with Gasteiger partial charge in [-0.3, -0.25) is 4.79 Å². The van der Waals surface area contributed by atoms with Crippen LogP contribution in [0.25, 0.3) is 11.6 Å². The SMILES string of the molecule is CC(OC(=O)CCc1nc(-c2ccco2)no1)c1c(Cl)ccc(F)c1Cl. The highest BCUT2D eigenvalue weighted by Gasteiger charge is 2.21. The second kappa shape index (κ2) is 7.88. The lowest BCUT2D eigenvalue weighted by Gasteiger charge is -2.16. The van der Waals surface area contributed by atoms with E-state index in [-0.39, 0.29) is 34.3 Å². The molecule has 0 saturated carbocycles. The normalized spacial score (nSPS) is 12.2. The van der Waals surface area contributed by atoms with Crippen LogP contribution in [0.2, 0.25) is 10.0 Å². The van der Waals surface area contributed by atoms with Crippen molar-refractivity contribution in [2.24, 2.45) is 0 Å². The zero-order valence-corrected chi connectivity index (χ0v) is 15.1. The average molecular weight is 399 g/mol. The second-order valence-corrected chi connectivity index (χ2v) is 6.16. The maximum atomic E-state index is 13.6. The summed E-state index contributed by atoms with van der Waals surface area (Å²) in [6, 6.07) is 5.90. The monoisotopic (exact) mass is 398 g/mol.